The summed E-state index contributed by atoms with van der Waals surface area (Å²) in [6.07, 6.45) is 2.98. The van der Waals surface area contributed by atoms with Crippen molar-refractivity contribution in [3.05, 3.63) is 0 Å². The van der Waals surface area contributed by atoms with E-state index in [0.717, 1.165) is 32.1 Å². The van der Waals surface area contributed by atoms with E-state index in [1.54, 1.807) is 0 Å². The van der Waals surface area contributed by atoms with E-state index in [2.05, 4.69) is 31.0 Å². The smallest absolute Gasteiger partial charge is 0.306 e. The summed E-state index contributed by atoms with van der Waals surface area (Å²) in [6.45, 7) is 10.8. The Morgan fingerprint density at radius 2 is 2.16 bits per heavy atom. The van der Waals surface area contributed by atoms with Crippen molar-refractivity contribution < 1.29 is 9.53 Å². The van der Waals surface area contributed by atoms with E-state index in [-0.39, 0.29) is 5.97 Å². The highest BCUT2D eigenvalue weighted by Gasteiger charge is 2.26. The van der Waals surface area contributed by atoms with Gasteiger partial charge in [-0.15, -0.1) is 0 Å². The molecular weight excluding hydrogens is 240 g/mol. The predicted octanol–water partition coefficient (Wildman–Crippen LogP) is 1.90. The standard InChI is InChI=1S/C15H30N2O2/c1-5-13-8-14(16-9-12(2)3)11-17(10-13)7-6-15(18)19-4/h12-14,16H,5-11H2,1-4H3. The van der Waals surface area contributed by atoms with Gasteiger partial charge in [0, 0.05) is 25.7 Å². The van der Waals surface area contributed by atoms with E-state index in [1.807, 2.05) is 0 Å². The summed E-state index contributed by atoms with van der Waals surface area (Å²) in [5.41, 5.74) is 0. The van der Waals surface area contributed by atoms with Crippen LogP contribution >= 0.6 is 0 Å². The molecule has 1 heterocycles. The molecular formula is C15H30N2O2. The van der Waals surface area contributed by atoms with Crippen molar-refractivity contribution in [2.24, 2.45) is 11.8 Å². The maximum Gasteiger partial charge on any atom is 0.306 e. The Balaban J connectivity index is 2.40. The van der Waals surface area contributed by atoms with Gasteiger partial charge in [0.1, 0.15) is 0 Å². The zero-order chi connectivity index (χ0) is 14.3. The van der Waals surface area contributed by atoms with Gasteiger partial charge < -0.3 is 15.0 Å². The van der Waals surface area contributed by atoms with Crippen LogP contribution in [0.3, 0.4) is 0 Å². The minimum Gasteiger partial charge on any atom is -0.469 e. The molecule has 0 aromatic rings. The lowest BCUT2D eigenvalue weighted by atomic mass is 9.91. The Hall–Kier alpha value is -0.610. The number of carbonyl (C=O) groups is 1. The third-order valence-corrected chi connectivity index (χ3v) is 3.86. The SMILES string of the molecule is CCC1CC(NCC(C)C)CN(CCC(=O)OC)C1. The fourth-order valence-electron chi connectivity index (χ4n) is 2.68. The highest BCUT2D eigenvalue weighted by molar-refractivity contribution is 5.69. The number of esters is 1. The first-order valence-electron chi connectivity index (χ1n) is 7.57. The van der Waals surface area contributed by atoms with Gasteiger partial charge >= 0.3 is 5.97 Å². The molecule has 0 bridgehead atoms. The first-order valence-corrected chi connectivity index (χ1v) is 7.57. The molecule has 1 aliphatic heterocycles. The predicted molar refractivity (Wildman–Crippen MR) is 78.1 cm³/mol. The zero-order valence-corrected chi connectivity index (χ0v) is 12.9. The fraction of sp³-hybridized carbons (Fsp3) is 0.933. The van der Waals surface area contributed by atoms with E-state index in [0.29, 0.717) is 18.4 Å². The Labute approximate surface area is 117 Å². The van der Waals surface area contributed by atoms with Crippen molar-refractivity contribution in [1.82, 2.24) is 10.2 Å². The molecule has 0 aromatic carbocycles. The summed E-state index contributed by atoms with van der Waals surface area (Å²) in [7, 11) is 1.46. The van der Waals surface area contributed by atoms with Crippen LogP contribution < -0.4 is 5.32 Å². The summed E-state index contributed by atoms with van der Waals surface area (Å²) >= 11 is 0. The highest BCUT2D eigenvalue weighted by Crippen LogP contribution is 2.20. The number of nitrogens with zero attached hydrogens (tertiary/aromatic N) is 1. The van der Waals surface area contributed by atoms with Crippen molar-refractivity contribution in [3.63, 3.8) is 0 Å². The molecule has 1 aliphatic rings. The molecule has 1 N–H and O–H groups in total. The first kappa shape index (κ1) is 16.4. The van der Waals surface area contributed by atoms with Crippen LogP contribution in [0.4, 0.5) is 0 Å². The molecule has 1 fully saturated rings. The Kier molecular flexibility index (Phi) is 7.39. The third kappa shape index (κ3) is 6.39. The number of nitrogens with one attached hydrogen (secondary N) is 1. The third-order valence-electron chi connectivity index (χ3n) is 3.86. The van der Waals surface area contributed by atoms with Crippen molar-refractivity contribution in [1.29, 1.82) is 0 Å². The first-order chi connectivity index (χ1) is 9.05. The van der Waals surface area contributed by atoms with Crippen molar-refractivity contribution in [2.45, 2.75) is 46.1 Å². The molecule has 0 aromatic heterocycles. The van der Waals surface area contributed by atoms with Crippen molar-refractivity contribution in [2.75, 3.05) is 33.3 Å². The molecule has 0 aliphatic carbocycles. The molecule has 2 atom stereocenters. The number of hydrogen-bond acceptors (Lipinski definition) is 4. The van der Waals surface area contributed by atoms with Gasteiger partial charge in [0.25, 0.3) is 0 Å². The molecule has 0 spiro atoms. The number of piperidine rings is 1. The average Bonchev–Trinajstić information content (AvgIpc) is 2.42. The van der Waals surface area contributed by atoms with E-state index in [4.69, 9.17) is 4.74 Å². The number of carbonyl (C=O) groups excluding carboxylic acids is 1. The van der Waals surface area contributed by atoms with Crippen LogP contribution in [0.1, 0.15) is 40.0 Å². The lowest BCUT2D eigenvalue weighted by Crippen LogP contribution is -2.50. The van der Waals surface area contributed by atoms with Gasteiger partial charge in [0.05, 0.1) is 13.5 Å². The molecule has 0 radical (unpaired) electrons. The molecule has 112 valence electrons. The molecule has 1 saturated heterocycles. The number of methoxy groups -OCH3 is 1. The summed E-state index contributed by atoms with van der Waals surface area (Å²) in [4.78, 5) is 13.6. The van der Waals surface area contributed by atoms with Crippen LogP contribution in [0.15, 0.2) is 0 Å². The topological polar surface area (TPSA) is 41.6 Å². The largest absolute Gasteiger partial charge is 0.469 e. The minimum atomic E-state index is -0.106. The summed E-state index contributed by atoms with van der Waals surface area (Å²) in [5, 5.41) is 3.66. The van der Waals surface area contributed by atoms with Gasteiger partial charge in [-0.25, -0.2) is 0 Å². The van der Waals surface area contributed by atoms with E-state index in [9.17, 15) is 4.79 Å². The number of likely N-dealkylation sites (tertiary alicyclic amines) is 1. The van der Waals surface area contributed by atoms with E-state index in [1.165, 1.54) is 20.0 Å². The minimum absolute atomic E-state index is 0.106. The van der Waals surface area contributed by atoms with E-state index < -0.39 is 0 Å². The second kappa shape index (κ2) is 8.54. The van der Waals surface area contributed by atoms with Crippen LogP contribution in [0.25, 0.3) is 0 Å². The maximum atomic E-state index is 11.2. The fourth-order valence-corrected chi connectivity index (χ4v) is 2.68. The second-order valence-electron chi connectivity index (χ2n) is 6.09. The monoisotopic (exact) mass is 270 g/mol. The Morgan fingerprint density at radius 3 is 2.74 bits per heavy atom. The number of ether oxygens (including phenoxy) is 1. The van der Waals surface area contributed by atoms with Gasteiger partial charge in [-0.3, -0.25) is 4.79 Å². The summed E-state index contributed by atoms with van der Waals surface area (Å²) < 4.78 is 4.72. The van der Waals surface area contributed by atoms with Crippen molar-refractivity contribution >= 4 is 5.97 Å². The molecule has 0 amide bonds. The molecule has 2 unspecified atom stereocenters. The van der Waals surface area contributed by atoms with Gasteiger partial charge in [0.2, 0.25) is 0 Å². The molecule has 0 saturated carbocycles. The van der Waals surface area contributed by atoms with Crippen LogP contribution in [0.5, 0.6) is 0 Å². The average molecular weight is 270 g/mol. The maximum absolute atomic E-state index is 11.2. The van der Waals surface area contributed by atoms with Crippen LogP contribution in [0, 0.1) is 11.8 Å². The number of hydrogen-bond donors (Lipinski definition) is 1. The Bertz CT molecular complexity index is 269. The highest BCUT2D eigenvalue weighted by atomic mass is 16.5. The van der Waals surface area contributed by atoms with Crippen LogP contribution in [0.2, 0.25) is 0 Å². The summed E-state index contributed by atoms with van der Waals surface area (Å²) in [6, 6.07) is 0.568. The molecule has 1 rings (SSSR count). The normalized spacial score (nSPS) is 24.7. The van der Waals surface area contributed by atoms with Gasteiger partial charge in [0.15, 0.2) is 0 Å². The van der Waals surface area contributed by atoms with Crippen molar-refractivity contribution in [3.8, 4) is 0 Å². The quantitative estimate of drug-likeness (QED) is 0.717. The van der Waals surface area contributed by atoms with E-state index >= 15 is 0 Å². The van der Waals surface area contributed by atoms with Gasteiger partial charge in [-0.2, -0.15) is 0 Å². The molecule has 4 heteroatoms. The lowest BCUT2D eigenvalue weighted by molar-refractivity contribution is -0.141. The Morgan fingerprint density at radius 1 is 1.42 bits per heavy atom. The molecule has 4 nitrogen and oxygen atoms in total. The van der Waals surface area contributed by atoms with Crippen LogP contribution in [-0.4, -0.2) is 50.2 Å². The zero-order valence-electron chi connectivity index (χ0n) is 12.9. The number of rotatable bonds is 7. The molecule has 19 heavy (non-hydrogen) atoms. The van der Waals surface area contributed by atoms with Gasteiger partial charge in [-0.05, 0) is 24.8 Å². The summed E-state index contributed by atoms with van der Waals surface area (Å²) in [5.74, 6) is 1.33. The van der Waals surface area contributed by atoms with Gasteiger partial charge in [-0.1, -0.05) is 27.2 Å². The second-order valence-corrected chi connectivity index (χ2v) is 6.09. The lowest BCUT2D eigenvalue weighted by Gasteiger charge is -2.38. The van der Waals surface area contributed by atoms with Crippen LogP contribution in [-0.2, 0) is 9.53 Å².